The Hall–Kier alpha value is -4.16. The lowest BCUT2D eigenvalue weighted by atomic mass is 10.2. The monoisotopic (exact) mass is 418 g/mol. The molecule has 1 fully saturated rings. The second-order valence-electron chi connectivity index (χ2n) is 6.80. The third-order valence-electron chi connectivity index (χ3n) is 4.55. The molecule has 2 amide bonds. The summed E-state index contributed by atoms with van der Waals surface area (Å²) in [6.07, 6.45) is 8.60. The molecule has 0 radical (unpaired) electrons. The van der Waals surface area contributed by atoms with Crippen LogP contribution in [0.15, 0.2) is 54.9 Å². The van der Waals surface area contributed by atoms with Crippen molar-refractivity contribution in [2.24, 2.45) is 5.73 Å². The van der Waals surface area contributed by atoms with Gasteiger partial charge in [0.15, 0.2) is 5.69 Å². The van der Waals surface area contributed by atoms with Gasteiger partial charge in [0.2, 0.25) is 0 Å². The van der Waals surface area contributed by atoms with Crippen molar-refractivity contribution < 1.29 is 14.7 Å². The molecule has 2 aromatic heterocycles. The maximum atomic E-state index is 11.6. The zero-order valence-corrected chi connectivity index (χ0v) is 16.9. The number of rotatable bonds is 4. The Kier molecular flexibility index (Phi) is 6.64. The van der Waals surface area contributed by atoms with Crippen molar-refractivity contribution in [3.05, 3.63) is 66.1 Å². The van der Waals surface area contributed by atoms with Crippen molar-refractivity contribution in [2.45, 2.75) is 12.5 Å². The van der Waals surface area contributed by atoms with E-state index in [0.29, 0.717) is 24.5 Å². The van der Waals surface area contributed by atoms with Crippen LogP contribution in [-0.2, 0) is 4.79 Å². The summed E-state index contributed by atoms with van der Waals surface area (Å²) in [4.78, 5) is 27.9. The average Bonchev–Trinajstić information content (AvgIpc) is 3.34. The lowest BCUT2D eigenvalue weighted by Crippen LogP contribution is -2.24. The van der Waals surface area contributed by atoms with Crippen molar-refractivity contribution in [2.75, 3.05) is 18.9 Å². The molecule has 31 heavy (non-hydrogen) atoms. The van der Waals surface area contributed by atoms with Crippen LogP contribution < -0.4 is 11.1 Å². The Balaban J connectivity index is 0.000000287. The summed E-state index contributed by atoms with van der Waals surface area (Å²) in [5.74, 6) is 2.37. The number of aliphatic hydroxyl groups excluding tert-OH is 1. The first kappa shape index (κ1) is 21.5. The van der Waals surface area contributed by atoms with Gasteiger partial charge in [-0.2, -0.15) is 5.10 Å². The molecule has 1 aliphatic heterocycles. The molecule has 1 unspecified atom stereocenters. The number of nitrogens with zero attached hydrogens (tertiary/aromatic N) is 4. The van der Waals surface area contributed by atoms with Crippen LogP contribution >= 0.6 is 0 Å². The van der Waals surface area contributed by atoms with E-state index in [1.165, 1.54) is 4.90 Å². The second kappa shape index (κ2) is 9.56. The maximum Gasteiger partial charge on any atom is 0.271 e. The number of amides is 2. The minimum atomic E-state index is -0.722. The van der Waals surface area contributed by atoms with E-state index >= 15 is 0 Å². The van der Waals surface area contributed by atoms with Crippen LogP contribution in [-0.4, -0.2) is 56.3 Å². The van der Waals surface area contributed by atoms with Gasteiger partial charge in [0.25, 0.3) is 11.8 Å². The van der Waals surface area contributed by atoms with E-state index in [0.717, 1.165) is 11.3 Å². The fraction of sp³-hybridized carbons (Fsp3) is 0.182. The molecule has 0 spiro atoms. The number of carbonyl (C=O) groups is 2. The highest BCUT2D eigenvalue weighted by Gasteiger charge is 2.26. The van der Waals surface area contributed by atoms with Gasteiger partial charge >= 0.3 is 0 Å². The fourth-order valence-corrected chi connectivity index (χ4v) is 2.90. The number of nitrogens with two attached hydrogens (primary N) is 1. The molecule has 0 saturated carbocycles. The number of likely N-dealkylation sites (tertiary alicyclic amines) is 1. The molecule has 9 heteroatoms. The zero-order chi connectivity index (χ0) is 22.4. The normalized spacial score (nSPS) is 15.1. The number of aliphatic hydroxyl groups is 1. The van der Waals surface area contributed by atoms with E-state index in [1.54, 1.807) is 42.3 Å². The molecule has 1 aliphatic rings. The van der Waals surface area contributed by atoms with E-state index in [2.05, 4.69) is 21.3 Å². The Morgan fingerprint density at radius 1 is 1.32 bits per heavy atom. The standard InChI is InChI=1S/C17H13N5O.C5H9NO2/c1-2-12-6-5-7-13(10-12)22-11-14(16(21-22)17(18)23)20-15-8-3-4-9-19-15;1-6-3-2-4(7)5(6)8/h1,3-11H,(H2,18,23)(H,19,20);4,7H,2-3H2,1H3. The van der Waals surface area contributed by atoms with Gasteiger partial charge in [-0.1, -0.05) is 18.1 Å². The molecule has 9 nitrogen and oxygen atoms in total. The van der Waals surface area contributed by atoms with Gasteiger partial charge in [-0.05, 0) is 36.8 Å². The van der Waals surface area contributed by atoms with Crippen LogP contribution in [0.5, 0.6) is 0 Å². The van der Waals surface area contributed by atoms with Gasteiger partial charge in [0.1, 0.15) is 11.9 Å². The summed E-state index contributed by atoms with van der Waals surface area (Å²) in [6, 6.07) is 12.7. The number of aromatic nitrogens is 3. The lowest BCUT2D eigenvalue weighted by Gasteiger charge is -2.04. The van der Waals surface area contributed by atoms with Gasteiger partial charge in [-0.15, -0.1) is 6.42 Å². The summed E-state index contributed by atoms with van der Waals surface area (Å²) >= 11 is 0. The number of hydrogen-bond acceptors (Lipinski definition) is 6. The first-order valence-electron chi connectivity index (χ1n) is 9.46. The zero-order valence-electron chi connectivity index (χ0n) is 16.9. The highest BCUT2D eigenvalue weighted by atomic mass is 16.3. The SMILES string of the molecule is C#Cc1cccc(-n2cc(Nc3ccccn3)c(C(N)=O)n2)c1.CN1CCC(O)C1=O. The Morgan fingerprint density at radius 3 is 2.68 bits per heavy atom. The number of nitrogens with one attached hydrogen (secondary N) is 1. The fourth-order valence-electron chi connectivity index (χ4n) is 2.90. The minimum absolute atomic E-state index is 0.127. The van der Waals surface area contributed by atoms with Gasteiger partial charge in [0, 0.05) is 25.4 Å². The topological polar surface area (TPSA) is 126 Å². The number of hydrogen-bond donors (Lipinski definition) is 3. The molecule has 3 heterocycles. The number of pyridine rings is 1. The van der Waals surface area contributed by atoms with Crippen molar-refractivity contribution in [3.63, 3.8) is 0 Å². The lowest BCUT2D eigenvalue weighted by molar-refractivity contribution is -0.133. The molecule has 0 bridgehead atoms. The molecule has 0 aliphatic carbocycles. The molecule has 4 N–H and O–H groups in total. The maximum absolute atomic E-state index is 11.6. The van der Waals surface area contributed by atoms with Crippen LogP contribution in [0.1, 0.15) is 22.5 Å². The molecule has 3 aromatic rings. The molecular formula is C22H22N6O3. The van der Waals surface area contributed by atoms with Crippen LogP contribution in [0, 0.1) is 12.3 Å². The Morgan fingerprint density at radius 2 is 2.13 bits per heavy atom. The highest BCUT2D eigenvalue weighted by molar-refractivity contribution is 5.97. The largest absolute Gasteiger partial charge is 0.383 e. The number of likely N-dealkylation sites (N-methyl/N-ethyl adjacent to an activating group) is 1. The quantitative estimate of drug-likeness (QED) is 0.548. The number of benzene rings is 1. The van der Waals surface area contributed by atoms with Crippen LogP contribution in [0.2, 0.25) is 0 Å². The number of carbonyl (C=O) groups excluding carboxylic acids is 2. The number of primary amides is 1. The predicted octanol–water partition coefficient (Wildman–Crippen LogP) is 1.30. The van der Waals surface area contributed by atoms with Gasteiger partial charge in [-0.3, -0.25) is 9.59 Å². The minimum Gasteiger partial charge on any atom is -0.383 e. The Labute approximate surface area is 179 Å². The van der Waals surface area contributed by atoms with Crippen molar-refractivity contribution >= 4 is 23.3 Å². The molecule has 4 rings (SSSR count). The average molecular weight is 418 g/mol. The van der Waals surface area contributed by atoms with Crippen LogP contribution in [0.4, 0.5) is 11.5 Å². The van der Waals surface area contributed by atoms with E-state index in [1.807, 2.05) is 24.3 Å². The molecule has 1 saturated heterocycles. The molecule has 1 aromatic carbocycles. The summed E-state index contributed by atoms with van der Waals surface area (Å²) in [5, 5.41) is 16.0. The number of anilines is 2. The highest BCUT2D eigenvalue weighted by Crippen LogP contribution is 2.21. The van der Waals surface area contributed by atoms with Crippen molar-refractivity contribution in [1.29, 1.82) is 0 Å². The molecule has 158 valence electrons. The van der Waals surface area contributed by atoms with E-state index in [4.69, 9.17) is 17.3 Å². The van der Waals surface area contributed by atoms with Crippen LogP contribution in [0.25, 0.3) is 5.69 Å². The summed E-state index contributed by atoms with van der Waals surface area (Å²) in [5.41, 5.74) is 7.46. The van der Waals surface area contributed by atoms with E-state index < -0.39 is 12.0 Å². The molecular weight excluding hydrogens is 396 g/mol. The summed E-state index contributed by atoms with van der Waals surface area (Å²) in [6.45, 7) is 0.694. The first-order valence-corrected chi connectivity index (χ1v) is 9.46. The molecule has 1 atom stereocenters. The van der Waals surface area contributed by atoms with E-state index in [-0.39, 0.29) is 11.6 Å². The third kappa shape index (κ3) is 5.26. The van der Waals surface area contributed by atoms with Crippen molar-refractivity contribution in [1.82, 2.24) is 19.7 Å². The van der Waals surface area contributed by atoms with Gasteiger partial charge in [0.05, 0.1) is 17.6 Å². The number of terminal acetylenes is 1. The first-order chi connectivity index (χ1) is 14.9. The van der Waals surface area contributed by atoms with E-state index in [9.17, 15) is 9.59 Å². The third-order valence-corrected chi connectivity index (χ3v) is 4.55. The Bertz CT molecular complexity index is 1110. The van der Waals surface area contributed by atoms with Crippen LogP contribution in [0.3, 0.4) is 0 Å². The summed E-state index contributed by atoms with van der Waals surface area (Å²) in [7, 11) is 1.69. The second-order valence-corrected chi connectivity index (χ2v) is 6.80. The van der Waals surface area contributed by atoms with Gasteiger partial charge in [-0.25, -0.2) is 9.67 Å². The van der Waals surface area contributed by atoms with Gasteiger partial charge < -0.3 is 21.1 Å². The predicted molar refractivity (Wildman–Crippen MR) is 116 cm³/mol. The van der Waals surface area contributed by atoms with Crippen molar-refractivity contribution in [3.8, 4) is 18.0 Å². The summed E-state index contributed by atoms with van der Waals surface area (Å²) < 4.78 is 1.55. The smallest absolute Gasteiger partial charge is 0.271 e.